The maximum Gasteiger partial charge on any atom is 0.323 e. The molecule has 0 heterocycles. The lowest BCUT2D eigenvalue weighted by molar-refractivity contribution is -0.115. The normalized spacial score (nSPS) is 12.5. The smallest absolute Gasteiger partial charge is 0.323 e. The van der Waals surface area contributed by atoms with Crippen molar-refractivity contribution in [2.24, 2.45) is 10.9 Å². The summed E-state index contributed by atoms with van der Waals surface area (Å²) in [5.74, 6) is 1.73. The first-order chi connectivity index (χ1) is 17.4. The molecule has 36 heavy (non-hydrogen) atoms. The van der Waals surface area contributed by atoms with Gasteiger partial charge in [0.1, 0.15) is 5.75 Å². The lowest BCUT2D eigenvalue weighted by Gasteiger charge is -2.23. The molecule has 0 aromatic heterocycles. The van der Waals surface area contributed by atoms with E-state index in [0.29, 0.717) is 36.7 Å². The number of nitrogens with one attached hydrogen (secondary N) is 2. The molecule has 9 nitrogen and oxygen atoms in total. The molecule has 0 saturated heterocycles. The van der Waals surface area contributed by atoms with Crippen LogP contribution < -0.4 is 15.4 Å². The van der Waals surface area contributed by atoms with Crippen molar-refractivity contribution in [3.8, 4) is 5.75 Å². The van der Waals surface area contributed by atoms with Crippen LogP contribution in [-0.2, 0) is 16.1 Å². The summed E-state index contributed by atoms with van der Waals surface area (Å²) in [5.41, 5.74) is 1.45. The molecular weight excluding hydrogens is 482 g/mol. The number of guanidine groups is 1. The molecule has 0 aliphatic heterocycles. The Morgan fingerprint density at radius 2 is 1.78 bits per heavy atom. The predicted molar refractivity (Wildman–Crippen MR) is 141 cm³/mol. The van der Waals surface area contributed by atoms with Crippen LogP contribution in [0.1, 0.15) is 31.7 Å². The fourth-order valence-electron chi connectivity index (χ4n) is 2.94. The van der Waals surface area contributed by atoms with Gasteiger partial charge in [0.15, 0.2) is 0 Å². The van der Waals surface area contributed by atoms with E-state index in [0.717, 1.165) is 23.7 Å². The fourth-order valence-corrected chi connectivity index (χ4v) is 3.06. The van der Waals surface area contributed by atoms with Crippen molar-refractivity contribution >= 4 is 42.1 Å². The van der Waals surface area contributed by atoms with Crippen LogP contribution in [-0.4, -0.2) is 61.9 Å². The van der Waals surface area contributed by atoms with E-state index < -0.39 is 0 Å². The van der Waals surface area contributed by atoms with Gasteiger partial charge in [-0.1, -0.05) is 36.6 Å². The lowest BCUT2D eigenvalue weighted by atomic mass is 10.2. The van der Waals surface area contributed by atoms with Crippen LogP contribution in [0.25, 0.3) is 0 Å². The highest BCUT2D eigenvalue weighted by atomic mass is 35.5. The third-order valence-corrected chi connectivity index (χ3v) is 5.64. The van der Waals surface area contributed by atoms with Crippen molar-refractivity contribution in [2.75, 3.05) is 27.2 Å². The summed E-state index contributed by atoms with van der Waals surface area (Å²) >= 11 is 5.95. The Kier molecular flexibility index (Phi) is 12.3. The largest absolute Gasteiger partial charge is 0.494 e. The molecule has 2 N–H and O–H groups in total. The highest BCUT2D eigenvalue weighted by Crippen LogP contribution is 2.32. The Morgan fingerprint density at radius 1 is 1.14 bits per heavy atom. The zero-order valence-corrected chi connectivity index (χ0v) is 21.7. The summed E-state index contributed by atoms with van der Waals surface area (Å²) in [6.07, 6.45) is 4.97. The van der Waals surface area contributed by atoms with Crippen molar-refractivity contribution < 1.29 is 19.1 Å². The molecule has 1 fully saturated rings. The molecule has 3 rings (SSSR count). The number of nitrogens with zero attached hydrogens (tertiary/aromatic N) is 3. The summed E-state index contributed by atoms with van der Waals surface area (Å²) in [6.45, 7) is 3.32. The zero-order chi connectivity index (χ0) is 26.3. The number of halogens is 1. The molecule has 1 aliphatic carbocycles. The minimum Gasteiger partial charge on any atom is -0.494 e. The van der Waals surface area contributed by atoms with Crippen molar-refractivity contribution in [1.29, 1.82) is 0 Å². The SMILES string of the molecule is CCN(C)C(=O)NC(=Nc1ccc(OCCC2CC2)cc1)N(C=O)Cc1ccc(Cl)cc1.CNC=O. The molecule has 0 bridgehead atoms. The second-order valence-electron chi connectivity index (χ2n) is 8.22. The van der Waals surface area contributed by atoms with Crippen molar-refractivity contribution in [1.82, 2.24) is 20.4 Å². The first-order valence-corrected chi connectivity index (χ1v) is 12.2. The lowest BCUT2D eigenvalue weighted by Crippen LogP contribution is -2.47. The average molecular weight is 516 g/mol. The Hall–Kier alpha value is -3.59. The molecule has 4 amide bonds. The molecule has 0 atom stereocenters. The van der Waals surface area contributed by atoms with Gasteiger partial charge in [-0.2, -0.15) is 0 Å². The molecule has 10 heteroatoms. The average Bonchev–Trinajstić information content (AvgIpc) is 3.73. The first kappa shape index (κ1) is 28.6. The minimum atomic E-state index is -0.353. The predicted octanol–water partition coefficient (Wildman–Crippen LogP) is 4.19. The number of carbonyl (C=O) groups excluding carboxylic acids is 3. The molecule has 2 aromatic carbocycles. The third-order valence-electron chi connectivity index (χ3n) is 5.39. The van der Waals surface area contributed by atoms with Crippen LogP contribution in [0, 0.1) is 5.92 Å². The number of hydrogen-bond donors (Lipinski definition) is 2. The van der Waals surface area contributed by atoms with Gasteiger partial charge in [0.05, 0.1) is 18.8 Å². The number of rotatable bonds is 10. The van der Waals surface area contributed by atoms with Crippen molar-refractivity contribution in [2.45, 2.75) is 32.7 Å². The topological polar surface area (TPSA) is 103 Å². The molecule has 1 saturated carbocycles. The fraction of sp³-hybridized carbons (Fsp3) is 0.385. The molecule has 0 radical (unpaired) electrons. The third kappa shape index (κ3) is 10.4. The van der Waals surface area contributed by atoms with Crippen molar-refractivity contribution in [3.63, 3.8) is 0 Å². The Labute approximate surface area is 217 Å². The van der Waals surface area contributed by atoms with Gasteiger partial charge in [0, 0.05) is 25.7 Å². The number of hydrogen-bond acceptors (Lipinski definition) is 5. The van der Waals surface area contributed by atoms with E-state index in [-0.39, 0.29) is 18.5 Å². The van der Waals surface area contributed by atoms with Crippen LogP contribution in [0.5, 0.6) is 5.75 Å². The number of amides is 4. The van der Waals surface area contributed by atoms with E-state index in [1.165, 1.54) is 22.6 Å². The van der Waals surface area contributed by atoms with Gasteiger partial charge in [-0.15, -0.1) is 0 Å². The van der Waals surface area contributed by atoms with Crippen LogP contribution in [0.15, 0.2) is 53.5 Å². The molecule has 2 aromatic rings. The van der Waals surface area contributed by atoms with Crippen LogP contribution >= 0.6 is 11.6 Å². The Bertz CT molecular complexity index is 994. The van der Waals surface area contributed by atoms with Gasteiger partial charge in [0.25, 0.3) is 0 Å². The molecule has 0 unspecified atom stereocenters. The number of carbonyl (C=O) groups is 3. The summed E-state index contributed by atoms with van der Waals surface area (Å²) in [5, 5.41) is 5.60. The maximum atomic E-state index is 12.5. The standard InChI is InChI=1S/C24H29ClN4O3.C2H5NO/c1-3-28(2)24(31)27-23(29(17-30)16-19-6-8-20(25)9-7-19)26-21-10-12-22(13-11-21)32-15-14-18-4-5-18;1-3-2-4/h6-13,17-18H,3-5,14-16H2,1-2H3,(H,26,27,31);2H,1H3,(H,3,4). The monoisotopic (exact) mass is 515 g/mol. The molecular formula is C26H34ClN5O4. The van der Waals surface area contributed by atoms with E-state index >= 15 is 0 Å². The van der Waals surface area contributed by atoms with E-state index in [1.54, 1.807) is 38.4 Å². The number of urea groups is 1. The quantitative estimate of drug-likeness (QED) is 0.281. The van der Waals surface area contributed by atoms with E-state index in [1.807, 2.05) is 31.2 Å². The number of ether oxygens (including phenoxy) is 1. The van der Waals surface area contributed by atoms with E-state index in [2.05, 4.69) is 15.6 Å². The summed E-state index contributed by atoms with van der Waals surface area (Å²) in [4.78, 5) is 40.8. The van der Waals surface area contributed by atoms with Gasteiger partial charge in [-0.3, -0.25) is 19.8 Å². The Balaban J connectivity index is 0.00000106. The summed E-state index contributed by atoms with van der Waals surface area (Å²) in [6, 6.07) is 14.1. The maximum absolute atomic E-state index is 12.5. The summed E-state index contributed by atoms with van der Waals surface area (Å²) < 4.78 is 5.78. The van der Waals surface area contributed by atoms with Crippen LogP contribution in [0.4, 0.5) is 10.5 Å². The van der Waals surface area contributed by atoms with Gasteiger partial charge < -0.3 is 15.0 Å². The van der Waals surface area contributed by atoms with Crippen LogP contribution in [0.3, 0.4) is 0 Å². The van der Waals surface area contributed by atoms with Gasteiger partial charge in [-0.05, 0) is 61.2 Å². The molecule has 1 aliphatic rings. The van der Waals surface area contributed by atoms with E-state index in [9.17, 15) is 9.59 Å². The summed E-state index contributed by atoms with van der Waals surface area (Å²) in [7, 11) is 3.23. The number of aliphatic imine (C=N–C) groups is 1. The van der Waals surface area contributed by atoms with Crippen molar-refractivity contribution in [3.05, 3.63) is 59.1 Å². The minimum absolute atomic E-state index is 0.141. The van der Waals surface area contributed by atoms with Crippen LogP contribution in [0.2, 0.25) is 5.02 Å². The highest BCUT2D eigenvalue weighted by molar-refractivity contribution is 6.30. The number of benzene rings is 2. The first-order valence-electron chi connectivity index (χ1n) is 11.8. The van der Waals surface area contributed by atoms with Gasteiger partial charge >= 0.3 is 6.03 Å². The molecule has 0 spiro atoms. The second kappa shape index (κ2) is 15.4. The second-order valence-corrected chi connectivity index (χ2v) is 8.66. The van der Waals surface area contributed by atoms with Gasteiger partial charge in [-0.25, -0.2) is 9.79 Å². The van der Waals surface area contributed by atoms with E-state index in [4.69, 9.17) is 21.1 Å². The zero-order valence-electron chi connectivity index (χ0n) is 20.9. The van der Waals surface area contributed by atoms with Gasteiger partial charge in [0.2, 0.25) is 18.8 Å². The molecule has 194 valence electrons. The highest BCUT2D eigenvalue weighted by Gasteiger charge is 2.20. The Morgan fingerprint density at radius 3 is 2.31 bits per heavy atom.